The molecule has 2 aromatic carbocycles. The Bertz CT molecular complexity index is 1240. The van der Waals surface area contributed by atoms with Crippen molar-refractivity contribution in [2.75, 3.05) is 44.5 Å². The Morgan fingerprint density at radius 1 is 1.32 bits per heavy atom. The van der Waals surface area contributed by atoms with Gasteiger partial charge in [0.15, 0.2) is 0 Å². The monoisotopic (exact) mass is 457 g/mol. The normalized spacial score (nSPS) is 15.5. The van der Waals surface area contributed by atoms with Crippen LogP contribution >= 0.6 is 0 Å². The average Bonchev–Trinajstić information content (AvgIpc) is 3.33. The summed E-state index contributed by atoms with van der Waals surface area (Å²) in [6, 6.07) is 11.1. The summed E-state index contributed by atoms with van der Waals surface area (Å²) in [6.07, 6.45) is 11.0. The third-order valence-corrected chi connectivity index (χ3v) is 5.21. The zero-order valence-corrected chi connectivity index (χ0v) is 19.2. The number of nitrogens with one attached hydrogen (secondary N) is 2. The summed E-state index contributed by atoms with van der Waals surface area (Å²) < 4.78 is 11.6. The van der Waals surface area contributed by atoms with Gasteiger partial charge in [0.25, 0.3) is 0 Å². The fraction of sp³-hybridized carbons (Fsp3) is 0.269. The van der Waals surface area contributed by atoms with Gasteiger partial charge in [0.05, 0.1) is 24.4 Å². The third-order valence-electron chi connectivity index (χ3n) is 5.21. The summed E-state index contributed by atoms with van der Waals surface area (Å²) >= 11 is 0. The fourth-order valence-corrected chi connectivity index (χ4v) is 3.53. The number of anilines is 3. The summed E-state index contributed by atoms with van der Waals surface area (Å²) in [7, 11) is 3.88. The molecule has 1 aromatic heterocycles. The van der Waals surface area contributed by atoms with Gasteiger partial charge in [-0.3, -0.25) is 4.79 Å². The van der Waals surface area contributed by atoms with Crippen molar-refractivity contribution in [3.8, 4) is 18.1 Å². The minimum absolute atomic E-state index is 0.0803. The van der Waals surface area contributed by atoms with Crippen molar-refractivity contribution in [1.29, 1.82) is 0 Å². The number of aromatic nitrogens is 2. The van der Waals surface area contributed by atoms with E-state index in [0.29, 0.717) is 42.5 Å². The Labute approximate surface area is 199 Å². The number of hydrogen-bond acceptors (Lipinski definition) is 7. The van der Waals surface area contributed by atoms with E-state index in [9.17, 15) is 4.79 Å². The van der Waals surface area contributed by atoms with Crippen LogP contribution in [0.1, 0.15) is 12.0 Å². The van der Waals surface area contributed by atoms with Gasteiger partial charge in [-0.2, -0.15) is 0 Å². The fourth-order valence-electron chi connectivity index (χ4n) is 3.53. The van der Waals surface area contributed by atoms with Crippen LogP contribution in [0.3, 0.4) is 0 Å². The number of likely N-dealkylation sites (N-methyl/N-ethyl adjacent to an activating group) is 1. The highest BCUT2D eigenvalue weighted by Crippen LogP contribution is 2.34. The summed E-state index contributed by atoms with van der Waals surface area (Å²) in [5, 5.41) is 6.97. The van der Waals surface area contributed by atoms with Crippen LogP contribution in [0, 0.1) is 12.3 Å². The topological polar surface area (TPSA) is 88.6 Å². The van der Waals surface area contributed by atoms with E-state index in [1.54, 1.807) is 6.08 Å². The van der Waals surface area contributed by atoms with Crippen molar-refractivity contribution in [2.24, 2.45) is 0 Å². The predicted octanol–water partition coefficient (Wildman–Crippen LogP) is 3.58. The van der Waals surface area contributed by atoms with Crippen LogP contribution in [0.25, 0.3) is 10.9 Å². The molecule has 1 saturated heterocycles. The molecule has 1 amide bonds. The standard InChI is InChI=1S/C26H27N5O3/c1-4-18-7-5-8-19(13-18)29-26-21-14-23(30-25(32)9-6-11-31(2)3)24(15-22(21)27-17-28-26)34-20-10-12-33-16-20/h1,5-9,13-15,17,20H,10-12,16H2,2-3H3,(H,30,32)(H,27,28,29)/b9-6+/t20-/m0/s1. The highest BCUT2D eigenvalue weighted by atomic mass is 16.5. The molecule has 174 valence electrons. The first-order chi connectivity index (χ1) is 16.5. The van der Waals surface area contributed by atoms with E-state index in [0.717, 1.165) is 23.1 Å². The van der Waals surface area contributed by atoms with Gasteiger partial charge in [-0.25, -0.2) is 9.97 Å². The van der Waals surface area contributed by atoms with E-state index in [1.807, 2.05) is 55.4 Å². The highest BCUT2D eigenvalue weighted by Gasteiger charge is 2.20. The van der Waals surface area contributed by atoms with Gasteiger partial charge in [-0.05, 0) is 38.4 Å². The van der Waals surface area contributed by atoms with Crippen molar-refractivity contribution >= 4 is 34.0 Å². The number of fused-ring (bicyclic) bond motifs is 1. The van der Waals surface area contributed by atoms with E-state index < -0.39 is 0 Å². The van der Waals surface area contributed by atoms with Gasteiger partial charge in [0.2, 0.25) is 5.91 Å². The number of hydrogen-bond donors (Lipinski definition) is 2. The molecule has 0 bridgehead atoms. The quantitative estimate of drug-likeness (QED) is 0.395. The highest BCUT2D eigenvalue weighted by molar-refractivity contribution is 6.03. The lowest BCUT2D eigenvalue weighted by molar-refractivity contribution is -0.111. The third kappa shape index (κ3) is 5.90. The van der Waals surface area contributed by atoms with Gasteiger partial charge in [-0.1, -0.05) is 18.1 Å². The van der Waals surface area contributed by atoms with Crippen LogP contribution in [-0.2, 0) is 9.53 Å². The molecule has 2 heterocycles. The largest absolute Gasteiger partial charge is 0.486 e. The molecule has 4 rings (SSSR count). The minimum Gasteiger partial charge on any atom is -0.486 e. The lowest BCUT2D eigenvalue weighted by atomic mass is 10.1. The Kier molecular flexibility index (Phi) is 7.38. The molecule has 2 N–H and O–H groups in total. The molecule has 0 radical (unpaired) electrons. The number of ether oxygens (including phenoxy) is 2. The Hall–Kier alpha value is -3.93. The van der Waals surface area contributed by atoms with E-state index in [4.69, 9.17) is 15.9 Å². The molecule has 8 heteroatoms. The Morgan fingerprint density at radius 2 is 2.21 bits per heavy atom. The van der Waals surface area contributed by atoms with E-state index >= 15 is 0 Å². The van der Waals surface area contributed by atoms with Crippen LogP contribution in [0.15, 0.2) is 54.9 Å². The number of carbonyl (C=O) groups is 1. The van der Waals surface area contributed by atoms with Gasteiger partial charge in [-0.15, -0.1) is 6.42 Å². The number of terminal acetylenes is 1. The molecular weight excluding hydrogens is 430 g/mol. The SMILES string of the molecule is C#Cc1cccc(Nc2ncnc3cc(O[C@H]4CCOC4)c(NC(=O)/C=C/CN(C)C)cc23)c1. The van der Waals surface area contributed by atoms with Gasteiger partial charge >= 0.3 is 0 Å². The minimum atomic E-state index is -0.248. The second-order valence-electron chi connectivity index (χ2n) is 8.20. The molecule has 3 aromatic rings. The lowest BCUT2D eigenvalue weighted by Crippen LogP contribution is -2.18. The van der Waals surface area contributed by atoms with E-state index in [1.165, 1.54) is 12.4 Å². The number of benzene rings is 2. The molecule has 1 fully saturated rings. The van der Waals surface area contributed by atoms with Crippen molar-refractivity contribution in [3.63, 3.8) is 0 Å². The van der Waals surface area contributed by atoms with Crippen LogP contribution < -0.4 is 15.4 Å². The Morgan fingerprint density at radius 3 is 2.97 bits per heavy atom. The predicted molar refractivity (Wildman–Crippen MR) is 133 cm³/mol. The zero-order chi connectivity index (χ0) is 23.9. The first kappa shape index (κ1) is 23.2. The first-order valence-electron chi connectivity index (χ1n) is 11.0. The van der Waals surface area contributed by atoms with Crippen LogP contribution in [0.2, 0.25) is 0 Å². The van der Waals surface area contributed by atoms with Crippen molar-refractivity contribution in [2.45, 2.75) is 12.5 Å². The summed E-state index contributed by atoms with van der Waals surface area (Å²) in [5.41, 5.74) is 2.78. The summed E-state index contributed by atoms with van der Waals surface area (Å²) in [6.45, 7) is 1.82. The second-order valence-corrected chi connectivity index (χ2v) is 8.20. The Balaban J connectivity index is 1.68. The molecule has 1 atom stereocenters. The van der Waals surface area contributed by atoms with E-state index in [-0.39, 0.29) is 12.0 Å². The van der Waals surface area contributed by atoms with Crippen molar-refractivity contribution in [3.05, 3.63) is 60.4 Å². The molecule has 0 spiro atoms. The van der Waals surface area contributed by atoms with Crippen LogP contribution in [-0.4, -0.2) is 60.7 Å². The van der Waals surface area contributed by atoms with Gasteiger partial charge in [0.1, 0.15) is 24.0 Å². The molecule has 34 heavy (non-hydrogen) atoms. The molecule has 1 aliphatic heterocycles. The van der Waals surface area contributed by atoms with E-state index in [2.05, 4.69) is 26.5 Å². The molecule has 0 saturated carbocycles. The molecular formula is C26H27N5O3. The van der Waals surface area contributed by atoms with Gasteiger partial charge < -0.3 is 25.0 Å². The summed E-state index contributed by atoms with van der Waals surface area (Å²) in [5.74, 6) is 3.51. The maximum atomic E-state index is 12.6. The molecule has 0 unspecified atom stereocenters. The maximum absolute atomic E-state index is 12.6. The zero-order valence-electron chi connectivity index (χ0n) is 19.2. The smallest absolute Gasteiger partial charge is 0.248 e. The molecule has 1 aliphatic rings. The lowest BCUT2D eigenvalue weighted by Gasteiger charge is -2.17. The van der Waals surface area contributed by atoms with Crippen LogP contribution in [0.5, 0.6) is 5.75 Å². The maximum Gasteiger partial charge on any atom is 0.248 e. The number of nitrogens with zero attached hydrogens (tertiary/aromatic N) is 3. The number of amides is 1. The first-order valence-corrected chi connectivity index (χ1v) is 11.0. The molecule has 8 nitrogen and oxygen atoms in total. The number of carbonyl (C=O) groups excluding carboxylic acids is 1. The van der Waals surface area contributed by atoms with Crippen molar-refractivity contribution in [1.82, 2.24) is 14.9 Å². The van der Waals surface area contributed by atoms with Crippen LogP contribution in [0.4, 0.5) is 17.2 Å². The van der Waals surface area contributed by atoms with Gasteiger partial charge in [0, 0.05) is 41.7 Å². The second kappa shape index (κ2) is 10.8. The number of rotatable bonds is 8. The average molecular weight is 458 g/mol. The molecule has 0 aliphatic carbocycles. The van der Waals surface area contributed by atoms with Crippen molar-refractivity contribution < 1.29 is 14.3 Å². The summed E-state index contributed by atoms with van der Waals surface area (Å²) in [4.78, 5) is 23.4.